The van der Waals surface area contributed by atoms with Crippen molar-refractivity contribution in [1.29, 1.82) is 0 Å². The average Bonchev–Trinajstić information content (AvgIpc) is 2.83. The maximum atomic E-state index is 13.7. The molecular formula is C26H32N6O2. The van der Waals surface area contributed by atoms with Gasteiger partial charge in [-0.25, -0.2) is 15.0 Å². The number of carbonyl (C=O) groups is 1. The minimum absolute atomic E-state index is 0.0510. The Hall–Kier alpha value is -3.68. The first-order chi connectivity index (χ1) is 16.3. The lowest BCUT2D eigenvalue weighted by molar-refractivity contribution is 0.0645. The maximum absolute atomic E-state index is 13.7. The molecule has 8 heteroatoms. The molecule has 0 spiro atoms. The fraction of sp³-hybridized carbons (Fsp3) is 0.385. The van der Waals surface area contributed by atoms with Crippen molar-refractivity contribution < 1.29 is 9.53 Å². The highest BCUT2D eigenvalue weighted by atomic mass is 16.5. The largest absolute Gasteiger partial charge is 0.497 e. The first-order valence-corrected chi connectivity index (χ1v) is 11.5. The highest BCUT2D eigenvalue weighted by molar-refractivity contribution is 5.99. The standard InChI is InChI=1S/C26H32N6O2/c1-18-15-22(31(3)4)30-25(28-18)26(2)12-8-14-32(17-26)24(33)21-11-7-13-27-23(21)29-19-9-6-10-20(16-19)34-5/h6-7,9-11,13,15-16H,8,12,14,17H2,1-5H3,(H,27,29). The number of likely N-dealkylation sites (tertiary alicyclic amines) is 1. The molecule has 0 aliphatic carbocycles. The monoisotopic (exact) mass is 460 g/mol. The zero-order valence-corrected chi connectivity index (χ0v) is 20.5. The molecule has 1 N–H and O–H groups in total. The summed E-state index contributed by atoms with van der Waals surface area (Å²) >= 11 is 0. The Morgan fingerprint density at radius 2 is 2.00 bits per heavy atom. The van der Waals surface area contributed by atoms with Crippen LogP contribution in [-0.4, -0.2) is 60.1 Å². The number of nitrogens with one attached hydrogen (secondary N) is 1. The quantitative estimate of drug-likeness (QED) is 0.590. The Balaban J connectivity index is 1.59. The SMILES string of the molecule is COc1cccc(Nc2ncccc2C(=O)N2CCCC(C)(c3nc(C)cc(N(C)C)n3)C2)c1. The van der Waals surface area contributed by atoms with Gasteiger partial charge in [-0.15, -0.1) is 0 Å². The number of ether oxygens (including phenoxy) is 1. The van der Waals surface area contributed by atoms with E-state index >= 15 is 0 Å². The third-order valence-corrected chi connectivity index (χ3v) is 6.19. The molecule has 1 unspecified atom stereocenters. The Bertz CT molecular complexity index is 1180. The van der Waals surface area contributed by atoms with Gasteiger partial charge < -0.3 is 19.9 Å². The third kappa shape index (κ3) is 4.95. The predicted molar refractivity (Wildman–Crippen MR) is 134 cm³/mol. The predicted octanol–water partition coefficient (Wildman–Crippen LogP) is 4.19. The second-order valence-corrected chi connectivity index (χ2v) is 9.23. The minimum atomic E-state index is -0.326. The number of hydrogen-bond donors (Lipinski definition) is 1. The number of pyridine rings is 1. The van der Waals surface area contributed by atoms with E-state index in [1.54, 1.807) is 19.4 Å². The van der Waals surface area contributed by atoms with E-state index in [0.717, 1.165) is 41.6 Å². The number of methoxy groups -OCH3 is 1. The molecule has 1 amide bonds. The number of aryl methyl sites for hydroxylation is 1. The van der Waals surface area contributed by atoms with E-state index in [1.165, 1.54) is 0 Å². The van der Waals surface area contributed by atoms with Crippen molar-refractivity contribution in [3.05, 3.63) is 65.7 Å². The van der Waals surface area contributed by atoms with Crippen molar-refractivity contribution in [2.45, 2.75) is 32.1 Å². The molecule has 1 saturated heterocycles. The van der Waals surface area contributed by atoms with Crippen LogP contribution >= 0.6 is 0 Å². The number of carbonyl (C=O) groups excluding carboxylic acids is 1. The van der Waals surface area contributed by atoms with Crippen LogP contribution in [0.25, 0.3) is 0 Å². The van der Waals surface area contributed by atoms with Crippen LogP contribution in [0.15, 0.2) is 48.7 Å². The Kier molecular flexibility index (Phi) is 6.68. The molecule has 1 fully saturated rings. The van der Waals surface area contributed by atoms with Crippen LogP contribution in [0.3, 0.4) is 0 Å². The van der Waals surface area contributed by atoms with Gasteiger partial charge in [-0.1, -0.05) is 13.0 Å². The fourth-order valence-electron chi connectivity index (χ4n) is 4.33. The molecule has 4 rings (SSSR count). The van der Waals surface area contributed by atoms with Gasteiger partial charge in [-0.3, -0.25) is 4.79 Å². The highest BCUT2D eigenvalue weighted by Gasteiger charge is 2.38. The lowest BCUT2D eigenvalue weighted by atomic mass is 9.80. The van der Waals surface area contributed by atoms with E-state index in [1.807, 2.05) is 67.2 Å². The number of hydrogen-bond acceptors (Lipinski definition) is 7. The molecule has 1 atom stereocenters. The van der Waals surface area contributed by atoms with E-state index in [4.69, 9.17) is 14.7 Å². The van der Waals surface area contributed by atoms with E-state index in [9.17, 15) is 4.79 Å². The van der Waals surface area contributed by atoms with Gasteiger partial charge in [0.15, 0.2) is 0 Å². The third-order valence-electron chi connectivity index (χ3n) is 6.19. The van der Waals surface area contributed by atoms with Gasteiger partial charge >= 0.3 is 0 Å². The molecule has 0 saturated carbocycles. The molecular weight excluding hydrogens is 428 g/mol. The minimum Gasteiger partial charge on any atom is -0.497 e. The van der Waals surface area contributed by atoms with Crippen LogP contribution in [0.2, 0.25) is 0 Å². The summed E-state index contributed by atoms with van der Waals surface area (Å²) in [7, 11) is 5.58. The van der Waals surface area contributed by atoms with Gasteiger partial charge in [0.1, 0.15) is 23.2 Å². The van der Waals surface area contributed by atoms with Gasteiger partial charge in [-0.2, -0.15) is 0 Å². The van der Waals surface area contributed by atoms with E-state index < -0.39 is 0 Å². The zero-order valence-electron chi connectivity index (χ0n) is 20.5. The first kappa shape index (κ1) is 23.5. The molecule has 0 bridgehead atoms. The van der Waals surface area contributed by atoms with Crippen molar-refractivity contribution in [2.75, 3.05) is 44.5 Å². The maximum Gasteiger partial charge on any atom is 0.257 e. The van der Waals surface area contributed by atoms with Gasteiger partial charge in [0.25, 0.3) is 5.91 Å². The number of amides is 1. The van der Waals surface area contributed by atoms with Crippen LogP contribution in [0, 0.1) is 6.92 Å². The summed E-state index contributed by atoms with van der Waals surface area (Å²) in [4.78, 5) is 31.6. The normalized spacial score (nSPS) is 17.9. The number of rotatable bonds is 6. The lowest BCUT2D eigenvalue weighted by Gasteiger charge is -2.40. The van der Waals surface area contributed by atoms with Gasteiger partial charge in [0, 0.05) is 62.3 Å². The molecule has 1 aromatic carbocycles. The second kappa shape index (κ2) is 9.67. The molecule has 2 aromatic heterocycles. The molecule has 1 aliphatic rings. The van der Waals surface area contributed by atoms with Crippen molar-refractivity contribution in [3.8, 4) is 5.75 Å². The molecule has 178 valence electrons. The summed E-state index contributed by atoms with van der Waals surface area (Å²) in [5.74, 6) is 2.87. The van der Waals surface area contributed by atoms with E-state index in [-0.39, 0.29) is 11.3 Å². The summed E-state index contributed by atoms with van der Waals surface area (Å²) in [6.07, 6.45) is 3.49. The van der Waals surface area contributed by atoms with Crippen molar-refractivity contribution in [1.82, 2.24) is 19.9 Å². The lowest BCUT2D eigenvalue weighted by Crippen LogP contribution is -2.48. The van der Waals surface area contributed by atoms with Crippen LogP contribution in [0.1, 0.15) is 41.6 Å². The topological polar surface area (TPSA) is 83.5 Å². The number of anilines is 3. The van der Waals surface area contributed by atoms with Crippen molar-refractivity contribution in [3.63, 3.8) is 0 Å². The number of benzene rings is 1. The van der Waals surface area contributed by atoms with Gasteiger partial charge in [0.05, 0.1) is 12.7 Å². The zero-order chi connectivity index (χ0) is 24.3. The molecule has 34 heavy (non-hydrogen) atoms. The van der Waals surface area contributed by atoms with Crippen LogP contribution in [0.5, 0.6) is 5.75 Å². The van der Waals surface area contributed by atoms with Crippen molar-refractivity contribution in [2.24, 2.45) is 0 Å². The van der Waals surface area contributed by atoms with E-state index in [2.05, 4.69) is 17.2 Å². The summed E-state index contributed by atoms with van der Waals surface area (Å²) in [5.41, 5.74) is 1.94. The highest BCUT2D eigenvalue weighted by Crippen LogP contribution is 2.34. The van der Waals surface area contributed by atoms with Crippen LogP contribution in [0.4, 0.5) is 17.3 Å². The Morgan fingerprint density at radius 1 is 1.18 bits per heavy atom. The first-order valence-electron chi connectivity index (χ1n) is 11.5. The average molecular weight is 461 g/mol. The molecule has 8 nitrogen and oxygen atoms in total. The Morgan fingerprint density at radius 3 is 2.76 bits per heavy atom. The fourth-order valence-corrected chi connectivity index (χ4v) is 4.33. The van der Waals surface area contributed by atoms with Crippen LogP contribution < -0.4 is 15.0 Å². The molecule has 3 aromatic rings. The van der Waals surface area contributed by atoms with Crippen LogP contribution in [-0.2, 0) is 5.41 Å². The molecule has 1 aliphatic heterocycles. The number of aromatic nitrogens is 3. The summed E-state index contributed by atoms with van der Waals surface area (Å²) in [6.45, 7) is 5.38. The molecule has 0 radical (unpaired) electrons. The molecule has 3 heterocycles. The summed E-state index contributed by atoms with van der Waals surface area (Å²) in [5, 5.41) is 3.28. The van der Waals surface area contributed by atoms with Gasteiger partial charge in [-0.05, 0) is 44.0 Å². The number of nitrogens with zero attached hydrogens (tertiary/aromatic N) is 5. The van der Waals surface area contributed by atoms with Crippen molar-refractivity contribution >= 4 is 23.2 Å². The number of piperidine rings is 1. The summed E-state index contributed by atoms with van der Waals surface area (Å²) in [6, 6.07) is 13.1. The van der Waals surface area contributed by atoms with Gasteiger partial charge in [0.2, 0.25) is 0 Å². The smallest absolute Gasteiger partial charge is 0.257 e. The second-order valence-electron chi connectivity index (χ2n) is 9.23. The van der Waals surface area contributed by atoms with E-state index in [0.29, 0.717) is 24.5 Å². The summed E-state index contributed by atoms with van der Waals surface area (Å²) < 4.78 is 5.31. The Labute approximate surface area is 201 Å².